The van der Waals surface area contributed by atoms with Gasteiger partial charge in [-0.15, -0.1) is 11.6 Å². The van der Waals surface area contributed by atoms with Crippen LogP contribution in [0, 0.1) is 0 Å². The van der Waals surface area contributed by atoms with E-state index in [1.165, 1.54) is 0 Å². The molecule has 0 saturated carbocycles. The second-order valence-corrected chi connectivity index (χ2v) is 2.43. The summed E-state index contributed by atoms with van der Waals surface area (Å²) in [6, 6.07) is 0. The Hall–Kier alpha value is -0.530. The van der Waals surface area contributed by atoms with Crippen LogP contribution in [0.1, 0.15) is 6.42 Å². The molecule has 1 unspecified atom stereocenters. The van der Waals surface area contributed by atoms with Crippen LogP contribution in [-0.2, 0) is 0 Å². The SMILES string of the molecule is C=C/C=C\C=C\C(O)CCCl. The summed E-state index contributed by atoms with van der Waals surface area (Å²) in [5.74, 6) is 0.483. The summed E-state index contributed by atoms with van der Waals surface area (Å²) in [7, 11) is 0. The Morgan fingerprint density at radius 3 is 2.64 bits per heavy atom. The molecular formula is C9H13ClO. The number of rotatable bonds is 5. The Labute approximate surface area is 72.7 Å². The summed E-state index contributed by atoms with van der Waals surface area (Å²) in [5, 5.41) is 9.12. The molecule has 0 amide bonds. The predicted molar refractivity (Wildman–Crippen MR) is 49.8 cm³/mol. The van der Waals surface area contributed by atoms with Crippen molar-refractivity contribution < 1.29 is 5.11 Å². The van der Waals surface area contributed by atoms with Crippen molar-refractivity contribution in [3.63, 3.8) is 0 Å². The summed E-state index contributed by atoms with van der Waals surface area (Å²) >= 11 is 5.41. The Kier molecular flexibility index (Phi) is 7.21. The number of halogens is 1. The maximum atomic E-state index is 9.12. The predicted octanol–water partition coefficient (Wildman–Crippen LogP) is 2.27. The van der Waals surface area contributed by atoms with E-state index in [4.69, 9.17) is 16.7 Å². The normalized spacial score (nSPS) is 14.4. The molecule has 0 aromatic carbocycles. The average Bonchev–Trinajstić information content (AvgIpc) is 1.99. The molecule has 1 atom stereocenters. The third kappa shape index (κ3) is 7.37. The van der Waals surface area contributed by atoms with Gasteiger partial charge in [0, 0.05) is 5.88 Å². The molecule has 0 aliphatic heterocycles. The standard InChI is InChI=1S/C9H13ClO/c1-2-3-4-5-6-9(11)7-8-10/h2-6,9,11H,1,7-8H2/b4-3-,6-5+. The summed E-state index contributed by atoms with van der Waals surface area (Å²) < 4.78 is 0. The molecule has 0 fully saturated rings. The fourth-order valence-electron chi connectivity index (χ4n) is 0.543. The van der Waals surface area contributed by atoms with Gasteiger partial charge < -0.3 is 5.11 Å². The summed E-state index contributed by atoms with van der Waals surface area (Å²) in [6.07, 6.45) is 8.93. The van der Waals surface area contributed by atoms with Gasteiger partial charge in [0.2, 0.25) is 0 Å². The molecule has 1 nitrogen and oxygen atoms in total. The van der Waals surface area contributed by atoms with Gasteiger partial charge in [-0.05, 0) is 6.42 Å². The summed E-state index contributed by atoms with van der Waals surface area (Å²) in [6.45, 7) is 3.51. The van der Waals surface area contributed by atoms with Gasteiger partial charge in [0.15, 0.2) is 0 Å². The van der Waals surface area contributed by atoms with Crippen LogP contribution >= 0.6 is 11.6 Å². The van der Waals surface area contributed by atoms with E-state index in [-0.39, 0.29) is 0 Å². The third-order valence-corrected chi connectivity index (χ3v) is 1.31. The van der Waals surface area contributed by atoms with Crippen molar-refractivity contribution in [2.24, 2.45) is 0 Å². The van der Waals surface area contributed by atoms with E-state index in [0.717, 1.165) is 0 Å². The first-order valence-electron chi connectivity index (χ1n) is 3.51. The first-order valence-corrected chi connectivity index (χ1v) is 4.04. The van der Waals surface area contributed by atoms with Crippen LogP contribution in [0.15, 0.2) is 37.0 Å². The molecule has 11 heavy (non-hydrogen) atoms. The minimum Gasteiger partial charge on any atom is -0.389 e. The minimum absolute atomic E-state index is 0.429. The van der Waals surface area contributed by atoms with Crippen LogP contribution in [0.5, 0.6) is 0 Å². The van der Waals surface area contributed by atoms with E-state index in [9.17, 15) is 0 Å². The number of aliphatic hydroxyl groups excluding tert-OH is 1. The third-order valence-electron chi connectivity index (χ3n) is 1.10. The lowest BCUT2D eigenvalue weighted by Crippen LogP contribution is -2.01. The molecule has 0 rings (SSSR count). The first kappa shape index (κ1) is 10.5. The average molecular weight is 173 g/mol. The highest BCUT2D eigenvalue weighted by atomic mass is 35.5. The first-order chi connectivity index (χ1) is 5.31. The molecule has 0 aliphatic carbocycles. The number of hydrogen-bond donors (Lipinski definition) is 1. The molecule has 0 spiro atoms. The van der Waals surface area contributed by atoms with Crippen LogP contribution in [-0.4, -0.2) is 17.1 Å². The number of aliphatic hydroxyl groups is 1. The maximum absolute atomic E-state index is 9.12. The monoisotopic (exact) mass is 172 g/mol. The molecule has 0 aromatic heterocycles. The molecule has 0 heterocycles. The molecule has 0 aromatic rings. The quantitative estimate of drug-likeness (QED) is 0.498. The van der Waals surface area contributed by atoms with Crippen LogP contribution in [0.4, 0.5) is 0 Å². The van der Waals surface area contributed by atoms with Gasteiger partial charge in [-0.2, -0.15) is 0 Å². The number of allylic oxidation sites excluding steroid dienone is 4. The lowest BCUT2D eigenvalue weighted by atomic mass is 10.2. The van der Waals surface area contributed by atoms with E-state index >= 15 is 0 Å². The lowest BCUT2D eigenvalue weighted by molar-refractivity contribution is 0.220. The van der Waals surface area contributed by atoms with Crippen molar-refractivity contribution in [3.8, 4) is 0 Å². The zero-order valence-electron chi connectivity index (χ0n) is 6.41. The van der Waals surface area contributed by atoms with Crippen molar-refractivity contribution in [1.29, 1.82) is 0 Å². The smallest absolute Gasteiger partial charge is 0.0735 e. The van der Waals surface area contributed by atoms with Gasteiger partial charge in [0.1, 0.15) is 0 Å². The molecule has 0 saturated heterocycles. The highest BCUT2D eigenvalue weighted by Crippen LogP contribution is 1.95. The minimum atomic E-state index is -0.429. The fraction of sp³-hybridized carbons (Fsp3) is 0.333. The zero-order chi connectivity index (χ0) is 8.53. The summed E-state index contributed by atoms with van der Waals surface area (Å²) in [4.78, 5) is 0. The van der Waals surface area contributed by atoms with E-state index in [0.29, 0.717) is 12.3 Å². The Morgan fingerprint density at radius 1 is 1.36 bits per heavy atom. The van der Waals surface area contributed by atoms with Gasteiger partial charge in [-0.25, -0.2) is 0 Å². The molecule has 0 radical (unpaired) electrons. The second-order valence-electron chi connectivity index (χ2n) is 2.05. The van der Waals surface area contributed by atoms with Crippen molar-refractivity contribution >= 4 is 11.6 Å². The highest BCUT2D eigenvalue weighted by molar-refractivity contribution is 6.17. The second kappa shape index (κ2) is 7.58. The van der Waals surface area contributed by atoms with Crippen molar-refractivity contribution in [1.82, 2.24) is 0 Å². The van der Waals surface area contributed by atoms with E-state index in [2.05, 4.69) is 6.58 Å². The van der Waals surface area contributed by atoms with Crippen LogP contribution < -0.4 is 0 Å². The van der Waals surface area contributed by atoms with Gasteiger partial charge in [-0.3, -0.25) is 0 Å². The molecular weight excluding hydrogens is 160 g/mol. The largest absolute Gasteiger partial charge is 0.389 e. The maximum Gasteiger partial charge on any atom is 0.0735 e. The topological polar surface area (TPSA) is 20.2 Å². The van der Waals surface area contributed by atoms with Crippen LogP contribution in [0.2, 0.25) is 0 Å². The van der Waals surface area contributed by atoms with Gasteiger partial charge in [-0.1, -0.05) is 37.0 Å². The Bertz CT molecular complexity index is 150. The highest BCUT2D eigenvalue weighted by Gasteiger charge is 1.93. The molecule has 0 bridgehead atoms. The molecule has 62 valence electrons. The lowest BCUT2D eigenvalue weighted by Gasteiger charge is -1.98. The molecule has 2 heteroatoms. The zero-order valence-corrected chi connectivity index (χ0v) is 7.17. The van der Waals surface area contributed by atoms with Crippen LogP contribution in [0.25, 0.3) is 0 Å². The van der Waals surface area contributed by atoms with Crippen molar-refractivity contribution in [3.05, 3.63) is 37.0 Å². The summed E-state index contributed by atoms with van der Waals surface area (Å²) in [5.41, 5.74) is 0. The van der Waals surface area contributed by atoms with Gasteiger partial charge in [0.05, 0.1) is 6.10 Å². The Balaban J connectivity index is 3.54. The molecule has 1 N–H and O–H groups in total. The number of alkyl halides is 1. The number of hydrogen-bond acceptors (Lipinski definition) is 1. The van der Waals surface area contributed by atoms with Crippen molar-refractivity contribution in [2.45, 2.75) is 12.5 Å². The van der Waals surface area contributed by atoms with Gasteiger partial charge in [0.25, 0.3) is 0 Å². The molecule has 0 aliphatic rings. The van der Waals surface area contributed by atoms with Gasteiger partial charge >= 0.3 is 0 Å². The Morgan fingerprint density at radius 2 is 2.09 bits per heavy atom. The van der Waals surface area contributed by atoms with E-state index < -0.39 is 6.10 Å². The van der Waals surface area contributed by atoms with E-state index in [1.807, 2.05) is 6.08 Å². The van der Waals surface area contributed by atoms with E-state index in [1.54, 1.807) is 24.3 Å². The van der Waals surface area contributed by atoms with Crippen molar-refractivity contribution in [2.75, 3.05) is 5.88 Å². The fourth-order valence-corrected chi connectivity index (χ4v) is 0.767. The van der Waals surface area contributed by atoms with Crippen LogP contribution in [0.3, 0.4) is 0 Å².